The Kier molecular flexibility index (Phi) is 19.6. The van der Waals surface area contributed by atoms with Crippen LogP contribution in [0.5, 0.6) is 0 Å². The van der Waals surface area contributed by atoms with Gasteiger partial charge in [-0.05, 0) is 37.9 Å². The number of unbranched alkanes of at least 4 members (excludes halogenated alkanes) is 1. The van der Waals surface area contributed by atoms with Crippen LogP contribution >= 0.6 is 24.8 Å². The number of nitrogens with one attached hydrogen (secondary N) is 1. The van der Waals surface area contributed by atoms with Crippen molar-refractivity contribution in [2.24, 2.45) is 5.92 Å². The van der Waals surface area contributed by atoms with Gasteiger partial charge in [-0.25, -0.2) is 0 Å². The Labute approximate surface area is 202 Å². The molecule has 0 bridgehead atoms. The second-order valence-corrected chi connectivity index (χ2v) is 11.5. The third-order valence-electron chi connectivity index (χ3n) is 5.16. The van der Waals surface area contributed by atoms with Gasteiger partial charge < -0.3 is 32.8 Å². The Morgan fingerprint density at radius 1 is 1.03 bits per heavy atom. The molecule has 31 heavy (non-hydrogen) atoms. The lowest BCUT2D eigenvalue weighted by molar-refractivity contribution is -0.0393. The number of thiocarbonyl (C=S) groups is 1. The van der Waals surface area contributed by atoms with E-state index in [4.69, 9.17) is 39.7 Å². The first kappa shape index (κ1) is 31.1. The number of hydrogen-bond donors (Lipinski definition) is 2. The SMILES string of the molecule is CCCCC(CC)COCC(C)OCC(CS)OC(=S)NCCC[Si](OC)(OC)OC. The van der Waals surface area contributed by atoms with E-state index in [1.807, 2.05) is 6.92 Å². The molecule has 0 aromatic rings. The van der Waals surface area contributed by atoms with E-state index in [9.17, 15) is 0 Å². The highest BCUT2D eigenvalue weighted by Gasteiger charge is 2.36. The lowest BCUT2D eigenvalue weighted by Crippen LogP contribution is -2.43. The molecule has 7 nitrogen and oxygen atoms in total. The van der Waals surface area contributed by atoms with Crippen LogP contribution in [-0.2, 0) is 27.5 Å². The molecule has 0 aliphatic rings. The van der Waals surface area contributed by atoms with Crippen LogP contribution in [0.15, 0.2) is 0 Å². The van der Waals surface area contributed by atoms with Crippen molar-refractivity contribution >= 4 is 38.8 Å². The molecular formula is C21H45NO6S2Si. The summed E-state index contributed by atoms with van der Waals surface area (Å²) in [5.74, 6) is 1.14. The quantitative estimate of drug-likeness (QED) is 0.112. The molecule has 0 aromatic heterocycles. The highest BCUT2D eigenvalue weighted by atomic mass is 32.1. The monoisotopic (exact) mass is 499 g/mol. The van der Waals surface area contributed by atoms with Crippen LogP contribution in [-0.4, -0.2) is 79.6 Å². The summed E-state index contributed by atoms with van der Waals surface area (Å²) in [5.41, 5.74) is 0. The zero-order chi connectivity index (χ0) is 23.5. The van der Waals surface area contributed by atoms with Crippen LogP contribution in [0.2, 0.25) is 6.04 Å². The van der Waals surface area contributed by atoms with Crippen molar-refractivity contribution in [3.63, 3.8) is 0 Å². The highest BCUT2D eigenvalue weighted by molar-refractivity contribution is 7.80. The largest absolute Gasteiger partial charge is 0.500 e. The van der Waals surface area contributed by atoms with Crippen LogP contribution < -0.4 is 5.32 Å². The van der Waals surface area contributed by atoms with Gasteiger partial charge in [-0.3, -0.25) is 0 Å². The van der Waals surface area contributed by atoms with Crippen molar-refractivity contribution < 1.29 is 27.5 Å². The van der Waals surface area contributed by atoms with Gasteiger partial charge >= 0.3 is 8.80 Å². The fourth-order valence-electron chi connectivity index (χ4n) is 2.99. The average molecular weight is 500 g/mol. The predicted molar refractivity (Wildman–Crippen MR) is 135 cm³/mol. The molecule has 186 valence electrons. The molecule has 0 spiro atoms. The van der Waals surface area contributed by atoms with E-state index < -0.39 is 8.80 Å². The number of thiol groups is 1. The van der Waals surface area contributed by atoms with Crippen molar-refractivity contribution in [1.29, 1.82) is 0 Å². The van der Waals surface area contributed by atoms with E-state index in [-0.39, 0.29) is 12.2 Å². The molecule has 1 N–H and O–H groups in total. The first-order valence-electron chi connectivity index (χ1n) is 11.3. The molecule has 0 amide bonds. The Balaban J connectivity index is 4.06. The summed E-state index contributed by atoms with van der Waals surface area (Å²) < 4.78 is 33.7. The summed E-state index contributed by atoms with van der Waals surface area (Å²) >= 11 is 9.64. The van der Waals surface area contributed by atoms with Crippen LogP contribution in [0.25, 0.3) is 0 Å². The lowest BCUT2D eigenvalue weighted by atomic mass is 10.0. The standard InChI is InChI=1S/C21H45NO6S2Si/c1-7-9-11-19(8-2)15-26-14-18(3)27-16-20(17-29)28-21(30)22-12-10-13-31(23-4,24-5)25-6/h18-20,29H,7-17H2,1-6H3,(H,22,30). The Morgan fingerprint density at radius 2 is 1.71 bits per heavy atom. The van der Waals surface area contributed by atoms with Crippen molar-refractivity contribution in [3.8, 4) is 0 Å². The van der Waals surface area contributed by atoms with Crippen LogP contribution in [0.4, 0.5) is 0 Å². The third kappa shape index (κ3) is 14.7. The summed E-state index contributed by atoms with van der Waals surface area (Å²) in [6, 6.07) is 0.695. The maximum absolute atomic E-state index is 5.88. The predicted octanol–water partition coefficient (Wildman–Crippen LogP) is 4.08. The van der Waals surface area contributed by atoms with Crippen LogP contribution in [0.3, 0.4) is 0 Å². The van der Waals surface area contributed by atoms with Gasteiger partial charge in [-0.2, -0.15) is 12.6 Å². The van der Waals surface area contributed by atoms with Crippen molar-refractivity contribution in [3.05, 3.63) is 0 Å². The highest BCUT2D eigenvalue weighted by Crippen LogP contribution is 2.15. The van der Waals surface area contributed by atoms with Gasteiger partial charge in [0.1, 0.15) is 6.10 Å². The van der Waals surface area contributed by atoms with E-state index in [2.05, 4.69) is 31.8 Å². The smallest absolute Gasteiger partial charge is 0.464 e. The molecule has 0 heterocycles. The van der Waals surface area contributed by atoms with E-state index in [0.717, 1.165) is 19.4 Å². The van der Waals surface area contributed by atoms with Crippen molar-refractivity contribution in [1.82, 2.24) is 5.32 Å². The first-order chi connectivity index (χ1) is 14.9. The number of ether oxygens (including phenoxy) is 3. The minimum absolute atomic E-state index is 0.00796. The maximum Gasteiger partial charge on any atom is 0.500 e. The molecule has 0 fully saturated rings. The topological polar surface area (TPSA) is 67.4 Å². The average Bonchev–Trinajstić information content (AvgIpc) is 2.79. The molecule has 0 aromatic carbocycles. The van der Waals surface area contributed by atoms with Gasteiger partial charge in [-0.15, -0.1) is 0 Å². The second kappa shape index (κ2) is 19.5. The fraction of sp³-hybridized carbons (Fsp3) is 0.952. The minimum Gasteiger partial charge on any atom is -0.464 e. The molecule has 3 atom stereocenters. The minimum atomic E-state index is -2.55. The zero-order valence-corrected chi connectivity index (χ0v) is 23.0. The van der Waals surface area contributed by atoms with Gasteiger partial charge in [0.2, 0.25) is 0 Å². The summed E-state index contributed by atoms with van der Waals surface area (Å²) in [4.78, 5) is 0. The summed E-state index contributed by atoms with van der Waals surface area (Å²) in [5, 5.41) is 3.44. The molecule has 10 heteroatoms. The molecular weight excluding hydrogens is 454 g/mol. The van der Waals surface area contributed by atoms with Gasteiger partial charge in [0.15, 0.2) is 0 Å². The summed E-state index contributed by atoms with van der Waals surface area (Å²) in [6.45, 7) is 8.89. The number of hydrogen-bond acceptors (Lipinski definition) is 8. The van der Waals surface area contributed by atoms with E-state index >= 15 is 0 Å². The lowest BCUT2D eigenvalue weighted by Gasteiger charge is -2.24. The first-order valence-corrected chi connectivity index (χ1v) is 14.3. The zero-order valence-electron chi connectivity index (χ0n) is 20.3. The number of rotatable bonds is 20. The molecule has 0 rings (SSSR count). The Bertz CT molecular complexity index is 438. The van der Waals surface area contributed by atoms with Gasteiger partial charge in [0, 0.05) is 46.3 Å². The summed E-state index contributed by atoms with van der Waals surface area (Å²) in [6.07, 6.45) is 5.44. The Morgan fingerprint density at radius 3 is 2.26 bits per heavy atom. The molecule has 0 aliphatic heterocycles. The van der Waals surface area contributed by atoms with E-state index in [0.29, 0.717) is 42.6 Å². The van der Waals surface area contributed by atoms with Gasteiger partial charge in [0.05, 0.1) is 19.3 Å². The van der Waals surface area contributed by atoms with Gasteiger partial charge in [-0.1, -0.05) is 33.1 Å². The van der Waals surface area contributed by atoms with Gasteiger partial charge in [0.25, 0.3) is 5.17 Å². The molecule has 3 unspecified atom stereocenters. The molecule has 0 radical (unpaired) electrons. The van der Waals surface area contributed by atoms with Crippen LogP contribution in [0.1, 0.15) is 52.9 Å². The molecule has 0 saturated heterocycles. The second-order valence-electron chi connectivity index (χ2n) is 7.63. The normalized spacial score (nSPS) is 14.8. The fourth-order valence-corrected chi connectivity index (χ4v) is 5.13. The van der Waals surface area contributed by atoms with Crippen molar-refractivity contribution in [2.45, 2.75) is 71.1 Å². The Hall–Kier alpha value is 0.0569. The summed E-state index contributed by atoms with van der Waals surface area (Å²) in [7, 11) is 2.28. The molecule has 0 aliphatic carbocycles. The maximum atomic E-state index is 5.88. The van der Waals surface area contributed by atoms with E-state index in [1.54, 1.807) is 21.3 Å². The van der Waals surface area contributed by atoms with Crippen LogP contribution in [0, 0.1) is 5.92 Å². The third-order valence-corrected chi connectivity index (χ3v) is 8.64. The van der Waals surface area contributed by atoms with Crippen molar-refractivity contribution in [2.75, 3.05) is 53.4 Å². The molecule has 0 saturated carbocycles. The van der Waals surface area contributed by atoms with E-state index in [1.165, 1.54) is 19.3 Å².